The van der Waals surface area contributed by atoms with E-state index in [-0.39, 0.29) is 6.09 Å². The third-order valence-corrected chi connectivity index (χ3v) is 3.71. The second-order valence-electron chi connectivity index (χ2n) is 7.41. The summed E-state index contributed by atoms with van der Waals surface area (Å²) in [6.07, 6.45) is -0.378. The van der Waals surface area contributed by atoms with Gasteiger partial charge in [-0.15, -0.1) is 0 Å². The molecular formula is C21H27N3O2. The van der Waals surface area contributed by atoms with Crippen molar-refractivity contribution in [3.05, 3.63) is 65.2 Å². The lowest BCUT2D eigenvalue weighted by molar-refractivity contribution is 0.0216. The molecular weight excluding hydrogens is 326 g/mol. The molecule has 2 aromatic carbocycles. The Bertz CT molecular complexity index is 794. The predicted octanol–water partition coefficient (Wildman–Crippen LogP) is 4.59. The van der Waals surface area contributed by atoms with Crippen LogP contribution in [0.5, 0.6) is 0 Å². The third-order valence-electron chi connectivity index (χ3n) is 3.71. The standard InChI is InChI=1S/C21H27N3O2/c1-15(22)18-9-5-7-16(11-18)13-24(20(25)26-21(2,3)4)14-17-8-6-10-19(23)12-17/h5-12,22H,13-14,23H2,1-4H3. The zero-order chi connectivity index (χ0) is 19.3. The van der Waals surface area contributed by atoms with E-state index in [2.05, 4.69) is 0 Å². The fourth-order valence-electron chi connectivity index (χ4n) is 2.55. The van der Waals surface area contributed by atoms with E-state index < -0.39 is 5.60 Å². The molecule has 0 fully saturated rings. The smallest absolute Gasteiger partial charge is 0.410 e. The van der Waals surface area contributed by atoms with Gasteiger partial charge in [-0.05, 0) is 62.6 Å². The lowest BCUT2D eigenvalue weighted by atomic mass is 10.1. The molecule has 0 heterocycles. The number of hydrogen-bond acceptors (Lipinski definition) is 4. The molecule has 0 saturated carbocycles. The van der Waals surface area contributed by atoms with E-state index in [9.17, 15) is 4.79 Å². The summed E-state index contributed by atoms with van der Waals surface area (Å²) in [4.78, 5) is 14.4. The van der Waals surface area contributed by atoms with Gasteiger partial charge in [0.2, 0.25) is 0 Å². The Morgan fingerprint density at radius 3 is 2.19 bits per heavy atom. The molecule has 0 spiro atoms. The van der Waals surface area contributed by atoms with Crippen LogP contribution >= 0.6 is 0 Å². The van der Waals surface area contributed by atoms with Crippen LogP contribution in [0, 0.1) is 5.41 Å². The molecule has 5 nitrogen and oxygen atoms in total. The molecule has 138 valence electrons. The molecule has 0 aliphatic heterocycles. The van der Waals surface area contributed by atoms with Gasteiger partial charge in [0.25, 0.3) is 0 Å². The first kappa shape index (κ1) is 19.5. The van der Waals surface area contributed by atoms with E-state index in [1.807, 2.05) is 69.3 Å². The number of nitrogens with one attached hydrogen (secondary N) is 1. The van der Waals surface area contributed by atoms with E-state index in [1.165, 1.54) is 0 Å². The van der Waals surface area contributed by atoms with Gasteiger partial charge >= 0.3 is 6.09 Å². The van der Waals surface area contributed by atoms with E-state index >= 15 is 0 Å². The molecule has 0 radical (unpaired) electrons. The predicted molar refractivity (Wildman–Crippen MR) is 105 cm³/mol. The number of nitrogens with two attached hydrogens (primary N) is 1. The van der Waals surface area contributed by atoms with Gasteiger partial charge in [0, 0.05) is 24.5 Å². The van der Waals surface area contributed by atoms with Gasteiger partial charge in [-0.25, -0.2) is 4.79 Å². The normalized spacial score (nSPS) is 11.1. The highest BCUT2D eigenvalue weighted by Gasteiger charge is 2.22. The second-order valence-corrected chi connectivity index (χ2v) is 7.41. The van der Waals surface area contributed by atoms with Crippen LogP contribution in [0.2, 0.25) is 0 Å². The van der Waals surface area contributed by atoms with Crippen molar-refractivity contribution >= 4 is 17.5 Å². The SMILES string of the molecule is CC(=N)c1cccc(CN(Cc2cccc(N)c2)C(=O)OC(C)(C)C)c1. The monoisotopic (exact) mass is 353 g/mol. The van der Waals surface area contributed by atoms with Gasteiger partial charge in [0.1, 0.15) is 5.60 Å². The Balaban J connectivity index is 2.26. The maximum Gasteiger partial charge on any atom is 0.410 e. The quantitative estimate of drug-likeness (QED) is 0.609. The van der Waals surface area contributed by atoms with Crippen LogP contribution in [0.3, 0.4) is 0 Å². The van der Waals surface area contributed by atoms with Crippen LogP contribution in [0.1, 0.15) is 44.4 Å². The number of nitrogens with zero attached hydrogens (tertiary/aromatic N) is 1. The molecule has 0 saturated heterocycles. The van der Waals surface area contributed by atoms with E-state index in [0.29, 0.717) is 24.5 Å². The molecule has 0 unspecified atom stereocenters. The summed E-state index contributed by atoms with van der Waals surface area (Å²) in [7, 11) is 0. The number of anilines is 1. The zero-order valence-corrected chi connectivity index (χ0v) is 15.9. The average Bonchev–Trinajstić information content (AvgIpc) is 2.53. The summed E-state index contributed by atoms with van der Waals surface area (Å²) in [6.45, 7) is 8.09. The topological polar surface area (TPSA) is 79.4 Å². The number of benzene rings is 2. The second kappa shape index (κ2) is 8.04. The van der Waals surface area contributed by atoms with E-state index in [0.717, 1.165) is 16.7 Å². The Morgan fingerprint density at radius 1 is 1.08 bits per heavy atom. The van der Waals surface area contributed by atoms with Crippen molar-refractivity contribution in [2.45, 2.75) is 46.4 Å². The van der Waals surface area contributed by atoms with Crippen molar-refractivity contribution in [2.24, 2.45) is 0 Å². The summed E-state index contributed by atoms with van der Waals surface area (Å²) in [6, 6.07) is 15.1. The molecule has 3 N–H and O–H groups in total. The molecule has 26 heavy (non-hydrogen) atoms. The average molecular weight is 353 g/mol. The molecule has 0 aromatic heterocycles. The Hall–Kier alpha value is -2.82. The summed E-state index contributed by atoms with van der Waals surface area (Å²) < 4.78 is 5.57. The maximum atomic E-state index is 12.7. The first-order chi connectivity index (χ1) is 12.1. The lowest BCUT2D eigenvalue weighted by Gasteiger charge is -2.28. The molecule has 5 heteroatoms. The largest absolute Gasteiger partial charge is 0.444 e. The minimum atomic E-state index is -0.571. The summed E-state index contributed by atoms with van der Waals surface area (Å²) in [5, 5.41) is 7.80. The van der Waals surface area contributed by atoms with Crippen molar-refractivity contribution in [1.29, 1.82) is 5.41 Å². The zero-order valence-electron chi connectivity index (χ0n) is 15.9. The number of carbonyl (C=O) groups is 1. The van der Waals surface area contributed by atoms with Gasteiger partial charge in [0.15, 0.2) is 0 Å². The molecule has 0 atom stereocenters. The summed E-state index contributed by atoms with van der Waals surface area (Å²) in [5.74, 6) is 0. The van der Waals surface area contributed by atoms with Crippen molar-refractivity contribution < 1.29 is 9.53 Å². The van der Waals surface area contributed by atoms with Crippen LogP contribution in [-0.4, -0.2) is 22.3 Å². The van der Waals surface area contributed by atoms with E-state index in [4.69, 9.17) is 15.9 Å². The van der Waals surface area contributed by atoms with Gasteiger partial charge in [-0.3, -0.25) is 4.90 Å². The first-order valence-electron chi connectivity index (χ1n) is 8.61. The van der Waals surface area contributed by atoms with Gasteiger partial charge < -0.3 is 15.9 Å². The summed E-state index contributed by atoms with van der Waals surface area (Å²) >= 11 is 0. The van der Waals surface area contributed by atoms with Crippen molar-refractivity contribution in [1.82, 2.24) is 4.90 Å². The number of nitrogen functional groups attached to an aromatic ring is 1. The van der Waals surface area contributed by atoms with Crippen molar-refractivity contribution in [3.8, 4) is 0 Å². The number of amides is 1. The molecule has 0 bridgehead atoms. The van der Waals surface area contributed by atoms with Crippen LogP contribution < -0.4 is 5.73 Å². The minimum absolute atomic E-state index is 0.378. The minimum Gasteiger partial charge on any atom is -0.444 e. The third kappa shape index (κ3) is 5.92. The number of carbonyl (C=O) groups excluding carboxylic acids is 1. The number of hydrogen-bond donors (Lipinski definition) is 2. The van der Waals surface area contributed by atoms with Crippen molar-refractivity contribution in [2.75, 3.05) is 5.73 Å². The summed E-state index contributed by atoms with van der Waals surface area (Å²) in [5.41, 5.74) is 9.17. The van der Waals surface area contributed by atoms with E-state index in [1.54, 1.807) is 11.8 Å². The Labute approximate surface area is 155 Å². The highest BCUT2D eigenvalue weighted by molar-refractivity contribution is 5.96. The number of ether oxygens (including phenoxy) is 1. The fourth-order valence-corrected chi connectivity index (χ4v) is 2.55. The molecule has 2 aromatic rings. The molecule has 0 aliphatic carbocycles. The Kier molecular flexibility index (Phi) is 6.03. The van der Waals surface area contributed by atoms with Gasteiger partial charge in [-0.2, -0.15) is 0 Å². The lowest BCUT2D eigenvalue weighted by Crippen LogP contribution is -2.36. The fraction of sp³-hybridized carbons (Fsp3) is 0.333. The maximum absolute atomic E-state index is 12.7. The Morgan fingerprint density at radius 2 is 1.65 bits per heavy atom. The van der Waals surface area contributed by atoms with Crippen LogP contribution in [0.25, 0.3) is 0 Å². The molecule has 2 rings (SSSR count). The molecule has 0 aliphatic rings. The van der Waals surface area contributed by atoms with Crippen LogP contribution in [-0.2, 0) is 17.8 Å². The van der Waals surface area contributed by atoms with Gasteiger partial charge in [-0.1, -0.05) is 30.3 Å². The first-order valence-corrected chi connectivity index (χ1v) is 8.61. The highest BCUT2D eigenvalue weighted by atomic mass is 16.6. The number of rotatable bonds is 5. The van der Waals surface area contributed by atoms with Gasteiger partial charge in [0.05, 0.1) is 0 Å². The van der Waals surface area contributed by atoms with Crippen LogP contribution in [0.4, 0.5) is 10.5 Å². The molecule has 1 amide bonds. The van der Waals surface area contributed by atoms with Crippen molar-refractivity contribution in [3.63, 3.8) is 0 Å². The van der Waals surface area contributed by atoms with Crippen LogP contribution in [0.15, 0.2) is 48.5 Å². The highest BCUT2D eigenvalue weighted by Crippen LogP contribution is 2.18.